The number of hydrogen-bond donors (Lipinski definition) is 0. The Labute approximate surface area is 196 Å². The van der Waals surface area contributed by atoms with Gasteiger partial charge >= 0.3 is 0 Å². The molecular formula is C25H33N3O4S. The van der Waals surface area contributed by atoms with Crippen molar-refractivity contribution in [3.8, 4) is 0 Å². The molecule has 0 unspecified atom stereocenters. The number of carbonyl (C=O) groups excluding carboxylic acids is 1. The van der Waals surface area contributed by atoms with E-state index >= 15 is 0 Å². The topological polar surface area (TPSA) is 71.8 Å². The van der Waals surface area contributed by atoms with Crippen LogP contribution in [0, 0.1) is 0 Å². The number of amides is 1. The third kappa shape index (κ3) is 6.22. The van der Waals surface area contributed by atoms with Crippen LogP contribution in [-0.4, -0.2) is 61.4 Å². The van der Waals surface area contributed by atoms with E-state index in [2.05, 4.69) is 0 Å². The Morgan fingerprint density at radius 1 is 1.03 bits per heavy atom. The molecule has 3 aromatic rings. The third-order valence-electron chi connectivity index (χ3n) is 5.75. The molecule has 0 N–H and O–H groups in total. The van der Waals surface area contributed by atoms with Gasteiger partial charge in [0.1, 0.15) is 0 Å². The first-order valence-electron chi connectivity index (χ1n) is 11.2. The lowest BCUT2D eigenvalue weighted by molar-refractivity contribution is -0.132. The Balaban J connectivity index is 1.86. The molecule has 178 valence electrons. The number of fused-ring (bicyclic) bond motifs is 1. The minimum Gasteiger partial charge on any atom is -0.383 e. The lowest BCUT2D eigenvalue weighted by atomic mass is 10.1. The minimum atomic E-state index is -3.83. The number of nitrogens with zero attached hydrogens (tertiary/aromatic N) is 3. The highest BCUT2D eigenvalue weighted by atomic mass is 32.2. The molecule has 0 aliphatic rings. The van der Waals surface area contributed by atoms with E-state index < -0.39 is 10.0 Å². The highest BCUT2D eigenvalue weighted by molar-refractivity contribution is 7.89. The van der Waals surface area contributed by atoms with Gasteiger partial charge in [-0.3, -0.25) is 4.79 Å². The van der Waals surface area contributed by atoms with E-state index in [0.29, 0.717) is 32.7 Å². The van der Waals surface area contributed by atoms with E-state index in [1.165, 1.54) is 4.31 Å². The summed E-state index contributed by atoms with van der Waals surface area (Å²) in [5.41, 5.74) is 0.969. The van der Waals surface area contributed by atoms with Crippen LogP contribution in [0.15, 0.2) is 65.7 Å². The molecule has 0 aliphatic heterocycles. The van der Waals surface area contributed by atoms with Gasteiger partial charge in [-0.2, -0.15) is 4.31 Å². The van der Waals surface area contributed by atoms with Crippen molar-refractivity contribution >= 4 is 26.7 Å². The number of carbonyl (C=O) groups is 1. The van der Waals surface area contributed by atoms with Crippen molar-refractivity contribution in [2.45, 2.75) is 31.2 Å². The van der Waals surface area contributed by atoms with Gasteiger partial charge in [-0.25, -0.2) is 8.42 Å². The van der Waals surface area contributed by atoms with Gasteiger partial charge in [-0.15, -0.1) is 0 Å². The first-order valence-corrected chi connectivity index (χ1v) is 12.7. The molecule has 0 saturated heterocycles. The van der Waals surface area contributed by atoms with Crippen LogP contribution in [0.2, 0.25) is 0 Å². The zero-order valence-corrected chi connectivity index (χ0v) is 20.4. The predicted octanol–water partition coefficient (Wildman–Crippen LogP) is 3.64. The number of hydrogen-bond acceptors (Lipinski definition) is 4. The van der Waals surface area contributed by atoms with E-state index in [4.69, 9.17) is 4.74 Å². The van der Waals surface area contributed by atoms with Crippen molar-refractivity contribution in [3.05, 3.63) is 66.5 Å². The van der Waals surface area contributed by atoms with Gasteiger partial charge in [0.25, 0.3) is 0 Å². The smallest absolute Gasteiger partial charge is 0.243 e. The Kier molecular flexibility index (Phi) is 8.66. The maximum atomic E-state index is 13.6. The van der Waals surface area contributed by atoms with Crippen molar-refractivity contribution in [2.24, 2.45) is 7.05 Å². The first-order chi connectivity index (χ1) is 15.9. The number of benzene rings is 2. The van der Waals surface area contributed by atoms with Crippen molar-refractivity contribution < 1.29 is 17.9 Å². The largest absolute Gasteiger partial charge is 0.383 e. The second-order valence-corrected chi connectivity index (χ2v) is 10.1. The second kappa shape index (κ2) is 11.4. The maximum Gasteiger partial charge on any atom is 0.243 e. The normalized spacial score (nSPS) is 11.9. The third-order valence-corrected chi connectivity index (χ3v) is 7.59. The van der Waals surface area contributed by atoms with Crippen LogP contribution in [0.4, 0.5) is 0 Å². The average Bonchev–Trinajstić information content (AvgIpc) is 3.22. The molecule has 1 aromatic heterocycles. The summed E-state index contributed by atoms with van der Waals surface area (Å²) in [7, 11) is -0.326. The molecule has 7 nitrogen and oxygen atoms in total. The Morgan fingerprint density at radius 2 is 1.79 bits per heavy atom. The number of unbranched alkanes of at least 4 members (excludes halogenated alkanes) is 1. The molecular weight excluding hydrogens is 438 g/mol. The number of methoxy groups -OCH3 is 1. The number of aryl methyl sites for hydroxylation is 1. The zero-order valence-electron chi connectivity index (χ0n) is 19.6. The fourth-order valence-electron chi connectivity index (χ4n) is 3.70. The van der Waals surface area contributed by atoms with E-state index in [1.807, 2.05) is 67.2 Å². The van der Waals surface area contributed by atoms with E-state index in [1.54, 1.807) is 24.1 Å². The van der Waals surface area contributed by atoms with Crippen molar-refractivity contribution in [1.29, 1.82) is 0 Å². The van der Waals surface area contributed by atoms with Crippen LogP contribution in [-0.2, 0) is 33.1 Å². The van der Waals surface area contributed by atoms with Crippen molar-refractivity contribution in [1.82, 2.24) is 13.8 Å². The average molecular weight is 472 g/mol. The molecule has 0 saturated carbocycles. The van der Waals surface area contributed by atoms with Gasteiger partial charge in [-0.05, 0) is 41.5 Å². The first kappa shape index (κ1) is 25.0. The molecule has 0 radical (unpaired) electrons. The van der Waals surface area contributed by atoms with Crippen molar-refractivity contribution in [3.63, 3.8) is 0 Å². The summed E-state index contributed by atoms with van der Waals surface area (Å²) >= 11 is 0. The summed E-state index contributed by atoms with van der Waals surface area (Å²) in [6.45, 7) is 3.25. The fourth-order valence-corrected chi connectivity index (χ4v) is 5.16. The van der Waals surface area contributed by atoms with Gasteiger partial charge < -0.3 is 14.2 Å². The Hall–Kier alpha value is -2.68. The molecule has 33 heavy (non-hydrogen) atoms. The van der Waals surface area contributed by atoms with E-state index in [9.17, 15) is 13.2 Å². The Morgan fingerprint density at radius 3 is 2.45 bits per heavy atom. The SMILES string of the molecule is CCCCN(CC(=O)N(CCOC)Cc1cccn1C)S(=O)(=O)c1ccc2ccccc2c1. The highest BCUT2D eigenvalue weighted by Crippen LogP contribution is 2.22. The molecule has 0 fully saturated rings. The van der Waals surface area contributed by atoms with Gasteiger partial charge in [-0.1, -0.05) is 43.7 Å². The van der Waals surface area contributed by atoms with Crippen LogP contribution < -0.4 is 0 Å². The maximum absolute atomic E-state index is 13.6. The summed E-state index contributed by atoms with van der Waals surface area (Å²) < 4.78 is 35.6. The number of aromatic nitrogens is 1. The zero-order chi connectivity index (χ0) is 23.8. The summed E-state index contributed by atoms with van der Waals surface area (Å²) in [5.74, 6) is -0.242. The summed E-state index contributed by atoms with van der Waals surface area (Å²) in [4.78, 5) is 15.2. The van der Waals surface area contributed by atoms with Crippen LogP contribution in [0.1, 0.15) is 25.5 Å². The Bertz CT molecular complexity index is 1170. The summed E-state index contributed by atoms with van der Waals surface area (Å²) in [6, 6.07) is 16.6. The minimum absolute atomic E-state index is 0.205. The van der Waals surface area contributed by atoms with E-state index in [0.717, 1.165) is 22.9 Å². The quantitative estimate of drug-likeness (QED) is 0.404. The number of ether oxygens (including phenoxy) is 1. The lowest BCUT2D eigenvalue weighted by Crippen LogP contribution is -2.44. The molecule has 2 aromatic carbocycles. The number of rotatable bonds is 12. The van der Waals surface area contributed by atoms with Gasteiger partial charge in [0.05, 0.1) is 24.6 Å². The number of sulfonamides is 1. The highest BCUT2D eigenvalue weighted by Gasteiger charge is 2.28. The molecule has 0 aliphatic carbocycles. The lowest BCUT2D eigenvalue weighted by Gasteiger charge is -2.27. The van der Waals surface area contributed by atoms with Crippen LogP contribution in [0.25, 0.3) is 10.8 Å². The molecule has 3 rings (SSSR count). The van der Waals surface area contributed by atoms with Gasteiger partial charge in [0.2, 0.25) is 15.9 Å². The molecule has 8 heteroatoms. The van der Waals surface area contributed by atoms with Gasteiger partial charge in [0.15, 0.2) is 0 Å². The summed E-state index contributed by atoms with van der Waals surface area (Å²) in [6.07, 6.45) is 3.43. The van der Waals surface area contributed by atoms with Crippen LogP contribution in [0.5, 0.6) is 0 Å². The molecule has 1 heterocycles. The van der Waals surface area contributed by atoms with Crippen LogP contribution in [0.3, 0.4) is 0 Å². The molecule has 0 atom stereocenters. The van der Waals surface area contributed by atoms with E-state index in [-0.39, 0.29) is 17.3 Å². The van der Waals surface area contributed by atoms with Crippen LogP contribution >= 0.6 is 0 Å². The van der Waals surface area contributed by atoms with Crippen molar-refractivity contribution in [2.75, 3.05) is 33.4 Å². The molecule has 0 spiro atoms. The van der Waals surface area contributed by atoms with Gasteiger partial charge in [0, 0.05) is 39.1 Å². The molecule has 0 bridgehead atoms. The fraction of sp³-hybridized carbons (Fsp3) is 0.400. The standard InChI is InChI=1S/C25H33N3O4S/c1-4-5-15-28(33(30,31)24-13-12-21-9-6-7-10-22(21)18-24)20-25(29)27(16-17-32-3)19-23-11-8-14-26(23)2/h6-14,18H,4-5,15-17,19-20H2,1-3H3. The molecule has 1 amide bonds. The monoisotopic (exact) mass is 471 g/mol. The summed E-state index contributed by atoms with van der Waals surface area (Å²) in [5, 5.41) is 1.83. The second-order valence-electron chi connectivity index (χ2n) is 8.12. The predicted molar refractivity (Wildman–Crippen MR) is 130 cm³/mol.